The average Bonchev–Trinajstić information content (AvgIpc) is 3.31. The number of aromatic amines is 1. The van der Waals surface area contributed by atoms with Crippen molar-refractivity contribution in [3.05, 3.63) is 64.6 Å². The number of H-pyrrole nitrogens is 1. The van der Waals surface area contributed by atoms with Crippen LogP contribution in [0.1, 0.15) is 33.5 Å². The van der Waals surface area contributed by atoms with Gasteiger partial charge in [0.05, 0.1) is 5.56 Å². The van der Waals surface area contributed by atoms with Crippen LogP contribution >= 0.6 is 0 Å². The van der Waals surface area contributed by atoms with Crippen LogP contribution in [0.25, 0.3) is 10.9 Å². The van der Waals surface area contributed by atoms with E-state index in [-0.39, 0.29) is 17.8 Å². The van der Waals surface area contributed by atoms with E-state index in [9.17, 15) is 9.18 Å². The normalized spacial score (nSPS) is 17.9. The first-order valence-electron chi connectivity index (χ1n) is 10.1. The van der Waals surface area contributed by atoms with Crippen LogP contribution in [0.3, 0.4) is 0 Å². The van der Waals surface area contributed by atoms with Crippen molar-refractivity contribution in [2.24, 2.45) is 0 Å². The summed E-state index contributed by atoms with van der Waals surface area (Å²) in [5.41, 5.74) is 5.02. The summed E-state index contributed by atoms with van der Waals surface area (Å²) in [6.45, 7) is 2.14. The van der Waals surface area contributed by atoms with E-state index < -0.39 is 0 Å². The van der Waals surface area contributed by atoms with E-state index >= 15 is 0 Å². The predicted molar refractivity (Wildman–Crippen MR) is 110 cm³/mol. The standard InChI is InChI=1S/C23H24FN3O2/c1-27(8-2-3-14-11-25-20-6-5-16(24)9-18(14)20)17-10-19-21(29-13-17)7-4-15-12-26-23(28)22(15)19/h4-7,9,11,17,25H,2-3,8,10,12-13H2,1H3,(H,26,28). The first-order valence-corrected chi connectivity index (χ1v) is 10.1. The Morgan fingerprint density at radius 3 is 3.07 bits per heavy atom. The fourth-order valence-electron chi connectivity index (χ4n) is 4.53. The van der Waals surface area contributed by atoms with Gasteiger partial charge >= 0.3 is 0 Å². The Balaban J connectivity index is 1.24. The molecule has 0 fully saturated rings. The molecule has 1 amide bonds. The van der Waals surface area contributed by atoms with Crippen LogP contribution < -0.4 is 10.1 Å². The van der Waals surface area contributed by atoms with Crippen LogP contribution in [0.4, 0.5) is 4.39 Å². The third kappa shape index (κ3) is 3.27. The van der Waals surface area contributed by atoms with Crippen molar-refractivity contribution in [2.75, 3.05) is 20.2 Å². The molecule has 2 aliphatic heterocycles. The highest BCUT2D eigenvalue weighted by Gasteiger charge is 2.31. The van der Waals surface area contributed by atoms with Crippen molar-refractivity contribution in [1.82, 2.24) is 15.2 Å². The van der Waals surface area contributed by atoms with Crippen molar-refractivity contribution in [2.45, 2.75) is 31.8 Å². The van der Waals surface area contributed by atoms with E-state index in [1.165, 1.54) is 6.07 Å². The van der Waals surface area contributed by atoms with Crippen LogP contribution in [0.2, 0.25) is 0 Å². The number of amides is 1. The van der Waals surface area contributed by atoms with Gasteiger partial charge in [0.1, 0.15) is 18.2 Å². The molecular weight excluding hydrogens is 369 g/mol. The molecule has 1 aromatic heterocycles. The van der Waals surface area contributed by atoms with Gasteiger partial charge in [0.15, 0.2) is 0 Å². The summed E-state index contributed by atoms with van der Waals surface area (Å²) in [5, 5.41) is 3.87. The molecule has 0 radical (unpaired) electrons. The Morgan fingerprint density at radius 1 is 1.28 bits per heavy atom. The number of benzene rings is 2. The molecule has 3 heterocycles. The number of hydrogen-bond donors (Lipinski definition) is 2. The van der Waals surface area contributed by atoms with Gasteiger partial charge in [-0.1, -0.05) is 6.07 Å². The largest absolute Gasteiger partial charge is 0.492 e. The maximum absolute atomic E-state index is 13.6. The molecule has 2 aromatic carbocycles. The number of ether oxygens (including phenoxy) is 1. The fourth-order valence-corrected chi connectivity index (χ4v) is 4.53. The van der Waals surface area contributed by atoms with Crippen LogP contribution in [-0.4, -0.2) is 42.0 Å². The molecule has 0 spiro atoms. The topological polar surface area (TPSA) is 57.4 Å². The maximum atomic E-state index is 13.6. The van der Waals surface area contributed by atoms with Crippen LogP contribution in [0.5, 0.6) is 5.75 Å². The minimum Gasteiger partial charge on any atom is -0.492 e. The Labute approximate surface area is 168 Å². The Morgan fingerprint density at radius 2 is 2.17 bits per heavy atom. The SMILES string of the molecule is CN(CCCc1c[nH]c2ccc(F)cc12)C1COc2ccc3c(c2C1)C(=O)NC3. The molecule has 2 aliphatic rings. The third-order valence-electron chi connectivity index (χ3n) is 6.20. The molecule has 5 rings (SSSR count). The quantitative estimate of drug-likeness (QED) is 0.698. The van der Waals surface area contributed by atoms with E-state index in [4.69, 9.17) is 4.74 Å². The lowest BCUT2D eigenvalue weighted by Gasteiger charge is -2.33. The van der Waals surface area contributed by atoms with Crippen LogP contribution in [0.15, 0.2) is 36.5 Å². The first kappa shape index (κ1) is 18.2. The average molecular weight is 393 g/mol. The lowest BCUT2D eigenvalue weighted by molar-refractivity contribution is 0.0960. The number of aryl methyl sites for hydroxylation is 1. The van der Waals surface area contributed by atoms with Crippen LogP contribution in [0, 0.1) is 5.82 Å². The second-order valence-electron chi connectivity index (χ2n) is 8.02. The minimum atomic E-state index is -0.204. The van der Waals surface area contributed by atoms with E-state index in [0.29, 0.717) is 13.2 Å². The molecule has 0 saturated carbocycles. The Bertz CT molecular complexity index is 1090. The number of carbonyl (C=O) groups is 1. The number of halogens is 1. The molecule has 29 heavy (non-hydrogen) atoms. The second-order valence-corrected chi connectivity index (χ2v) is 8.02. The first-order chi connectivity index (χ1) is 14.1. The molecule has 2 N–H and O–H groups in total. The molecule has 1 unspecified atom stereocenters. The van der Waals surface area contributed by atoms with Crippen molar-refractivity contribution in [1.29, 1.82) is 0 Å². The van der Waals surface area contributed by atoms with Gasteiger partial charge < -0.3 is 15.0 Å². The van der Waals surface area contributed by atoms with Gasteiger partial charge in [0.2, 0.25) is 0 Å². The summed E-state index contributed by atoms with van der Waals surface area (Å²) in [6, 6.07) is 9.08. The van der Waals surface area contributed by atoms with Gasteiger partial charge in [-0.05, 0) is 68.2 Å². The van der Waals surface area contributed by atoms with Crippen molar-refractivity contribution in [3.63, 3.8) is 0 Å². The van der Waals surface area contributed by atoms with E-state index in [2.05, 4.69) is 22.2 Å². The molecule has 0 bridgehead atoms. The van der Waals surface area contributed by atoms with Crippen LogP contribution in [-0.2, 0) is 19.4 Å². The van der Waals surface area contributed by atoms with Gasteiger partial charge in [-0.2, -0.15) is 0 Å². The summed E-state index contributed by atoms with van der Waals surface area (Å²) in [6.07, 6.45) is 4.65. The molecule has 0 saturated heterocycles. The number of likely N-dealkylation sites (N-methyl/N-ethyl adjacent to an activating group) is 1. The van der Waals surface area contributed by atoms with Crippen molar-refractivity contribution >= 4 is 16.8 Å². The Kier molecular flexibility index (Phi) is 4.51. The van der Waals surface area contributed by atoms with Crippen molar-refractivity contribution in [3.8, 4) is 5.75 Å². The molecule has 0 aliphatic carbocycles. The Hall–Kier alpha value is -2.86. The summed E-state index contributed by atoms with van der Waals surface area (Å²) in [7, 11) is 2.11. The molecular formula is C23H24FN3O2. The lowest BCUT2D eigenvalue weighted by atomic mass is 9.94. The van der Waals surface area contributed by atoms with E-state index in [1.807, 2.05) is 18.3 Å². The maximum Gasteiger partial charge on any atom is 0.252 e. The van der Waals surface area contributed by atoms with E-state index in [0.717, 1.165) is 64.7 Å². The molecule has 3 aromatic rings. The number of carbonyl (C=O) groups excluding carboxylic acids is 1. The number of aromatic nitrogens is 1. The van der Waals surface area contributed by atoms with E-state index in [1.54, 1.807) is 12.1 Å². The van der Waals surface area contributed by atoms with Gasteiger partial charge in [-0.15, -0.1) is 0 Å². The second kappa shape index (κ2) is 7.19. The van der Waals surface area contributed by atoms with Gasteiger partial charge in [0.25, 0.3) is 5.91 Å². The molecule has 1 atom stereocenters. The molecule has 6 heteroatoms. The number of fused-ring (bicyclic) bond motifs is 4. The zero-order chi connectivity index (χ0) is 20.0. The lowest BCUT2D eigenvalue weighted by Crippen LogP contribution is -2.41. The molecule has 150 valence electrons. The highest BCUT2D eigenvalue weighted by atomic mass is 19.1. The number of nitrogens with zero attached hydrogens (tertiary/aromatic N) is 1. The zero-order valence-corrected chi connectivity index (χ0v) is 16.4. The summed E-state index contributed by atoms with van der Waals surface area (Å²) in [5.74, 6) is 0.645. The number of hydrogen-bond acceptors (Lipinski definition) is 3. The predicted octanol–water partition coefficient (Wildman–Crippen LogP) is 3.42. The number of rotatable bonds is 5. The summed E-state index contributed by atoms with van der Waals surface area (Å²) < 4.78 is 19.6. The van der Waals surface area contributed by atoms with Gasteiger partial charge in [0, 0.05) is 35.2 Å². The third-order valence-corrected chi connectivity index (χ3v) is 6.20. The molecule has 5 nitrogen and oxygen atoms in total. The van der Waals surface area contributed by atoms with Crippen molar-refractivity contribution < 1.29 is 13.9 Å². The number of nitrogens with one attached hydrogen (secondary N) is 2. The van der Waals surface area contributed by atoms with Gasteiger partial charge in [-0.3, -0.25) is 9.69 Å². The smallest absolute Gasteiger partial charge is 0.252 e. The highest BCUT2D eigenvalue weighted by Crippen LogP contribution is 2.33. The minimum absolute atomic E-state index is 0.00956. The monoisotopic (exact) mass is 393 g/mol. The fraction of sp³-hybridized carbons (Fsp3) is 0.348. The van der Waals surface area contributed by atoms with Gasteiger partial charge in [-0.25, -0.2) is 4.39 Å². The summed E-state index contributed by atoms with van der Waals surface area (Å²) >= 11 is 0. The summed E-state index contributed by atoms with van der Waals surface area (Å²) in [4.78, 5) is 17.8. The zero-order valence-electron chi connectivity index (χ0n) is 16.4. The highest BCUT2D eigenvalue weighted by molar-refractivity contribution is 6.00.